The molecular formula is C14H15N5O. The molecule has 0 saturated heterocycles. The van der Waals surface area contributed by atoms with Crippen LogP contribution in [0.25, 0.3) is 11.1 Å². The van der Waals surface area contributed by atoms with Crippen molar-refractivity contribution in [2.45, 2.75) is 13.5 Å². The Morgan fingerprint density at radius 1 is 1.25 bits per heavy atom. The van der Waals surface area contributed by atoms with Gasteiger partial charge in [0.2, 0.25) is 0 Å². The van der Waals surface area contributed by atoms with Crippen molar-refractivity contribution >= 4 is 22.6 Å². The van der Waals surface area contributed by atoms with Gasteiger partial charge in [-0.25, -0.2) is 15.0 Å². The third-order valence-electron chi connectivity index (χ3n) is 3.03. The predicted octanol–water partition coefficient (Wildman–Crippen LogP) is 2.14. The quantitative estimate of drug-likeness (QED) is 0.784. The van der Waals surface area contributed by atoms with Gasteiger partial charge in [0.15, 0.2) is 11.5 Å². The fourth-order valence-electron chi connectivity index (χ4n) is 2.06. The van der Waals surface area contributed by atoms with Crippen LogP contribution in [-0.2, 0) is 6.54 Å². The lowest BCUT2D eigenvalue weighted by Gasteiger charge is -2.18. The molecule has 102 valence electrons. The molecule has 0 unspecified atom stereocenters. The van der Waals surface area contributed by atoms with Crippen molar-refractivity contribution in [2.24, 2.45) is 0 Å². The van der Waals surface area contributed by atoms with Gasteiger partial charge < -0.3 is 15.1 Å². The fraction of sp³-hybridized carbons (Fsp3) is 0.214. The number of nitrogens with two attached hydrogens (primary N) is 1. The first-order valence-corrected chi connectivity index (χ1v) is 6.27. The summed E-state index contributed by atoms with van der Waals surface area (Å²) in [6, 6.07) is 7.57. The second-order valence-electron chi connectivity index (χ2n) is 4.64. The number of fused-ring (bicyclic) bond motifs is 1. The molecule has 2 aromatic heterocycles. The Morgan fingerprint density at radius 2 is 2.10 bits per heavy atom. The first-order valence-electron chi connectivity index (χ1n) is 6.27. The van der Waals surface area contributed by atoms with Crippen molar-refractivity contribution in [3.8, 4) is 0 Å². The van der Waals surface area contributed by atoms with Gasteiger partial charge in [-0.15, -0.1) is 0 Å². The zero-order valence-corrected chi connectivity index (χ0v) is 11.4. The van der Waals surface area contributed by atoms with Crippen LogP contribution in [0.2, 0.25) is 0 Å². The number of hydrogen-bond acceptors (Lipinski definition) is 6. The molecule has 0 aliphatic carbocycles. The molecule has 2 N–H and O–H groups in total. The minimum Gasteiger partial charge on any atom is -0.441 e. The van der Waals surface area contributed by atoms with Crippen LogP contribution in [-0.4, -0.2) is 22.0 Å². The summed E-state index contributed by atoms with van der Waals surface area (Å²) in [5.41, 5.74) is 8.31. The van der Waals surface area contributed by atoms with E-state index in [4.69, 9.17) is 10.2 Å². The number of nitrogens with zero attached hydrogens (tertiary/aromatic N) is 4. The third kappa shape index (κ3) is 2.40. The Hall–Kier alpha value is -2.63. The Labute approximate surface area is 116 Å². The first-order chi connectivity index (χ1) is 9.61. The Kier molecular flexibility index (Phi) is 2.98. The number of oxazole rings is 1. The molecular weight excluding hydrogens is 254 g/mol. The minimum absolute atomic E-state index is 0.477. The molecule has 0 fully saturated rings. The van der Waals surface area contributed by atoms with Crippen LogP contribution in [0, 0.1) is 6.92 Å². The molecule has 0 spiro atoms. The standard InChI is InChI=1S/C14H15N5O/c1-9-17-11-4-3-10(7-12(11)20-9)19(2)8-14-16-6-5-13(15)18-14/h3-7H,8H2,1-2H3,(H2,15,16,18). The molecule has 0 amide bonds. The van der Waals surface area contributed by atoms with Crippen molar-refractivity contribution in [3.05, 3.63) is 42.2 Å². The van der Waals surface area contributed by atoms with Crippen molar-refractivity contribution < 1.29 is 4.42 Å². The highest BCUT2D eigenvalue weighted by Crippen LogP contribution is 2.22. The van der Waals surface area contributed by atoms with Crippen molar-refractivity contribution in [1.29, 1.82) is 0 Å². The molecule has 20 heavy (non-hydrogen) atoms. The van der Waals surface area contributed by atoms with Crippen LogP contribution in [0.1, 0.15) is 11.7 Å². The van der Waals surface area contributed by atoms with E-state index in [2.05, 4.69) is 15.0 Å². The average Bonchev–Trinajstić information content (AvgIpc) is 2.77. The molecule has 1 aromatic carbocycles. The lowest BCUT2D eigenvalue weighted by Crippen LogP contribution is -2.18. The van der Waals surface area contributed by atoms with Crippen LogP contribution in [0.15, 0.2) is 34.9 Å². The van der Waals surface area contributed by atoms with E-state index >= 15 is 0 Å². The van der Waals surface area contributed by atoms with Crippen molar-refractivity contribution in [1.82, 2.24) is 15.0 Å². The number of anilines is 2. The van der Waals surface area contributed by atoms with Crippen LogP contribution in [0.3, 0.4) is 0 Å². The van der Waals surface area contributed by atoms with Gasteiger partial charge in [0.1, 0.15) is 17.2 Å². The summed E-state index contributed by atoms with van der Waals surface area (Å²) < 4.78 is 5.54. The molecule has 0 radical (unpaired) electrons. The lowest BCUT2D eigenvalue weighted by molar-refractivity contribution is 0.561. The van der Waals surface area contributed by atoms with Crippen molar-refractivity contribution in [2.75, 3.05) is 17.7 Å². The van der Waals surface area contributed by atoms with Gasteiger partial charge in [0, 0.05) is 31.9 Å². The summed E-state index contributed by atoms with van der Waals surface area (Å²) in [5, 5.41) is 0. The number of aromatic nitrogens is 3. The predicted molar refractivity (Wildman–Crippen MR) is 77.3 cm³/mol. The Balaban J connectivity index is 1.86. The normalized spacial score (nSPS) is 10.9. The van der Waals surface area contributed by atoms with E-state index in [0.717, 1.165) is 16.8 Å². The number of aryl methyl sites for hydroxylation is 1. The first kappa shape index (κ1) is 12.4. The molecule has 3 rings (SSSR count). The summed E-state index contributed by atoms with van der Waals surface area (Å²) in [6.45, 7) is 2.41. The smallest absolute Gasteiger partial charge is 0.192 e. The zero-order chi connectivity index (χ0) is 14.1. The molecule has 3 aromatic rings. The minimum atomic E-state index is 0.477. The van der Waals surface area contributed by atoms with Crippen LogP contribution < -0.4 is 10.6 Å². The molecule has 6 nitrogen and oxygen atoms in total. The molecule has 0 atom stereocenters. The Bertz CT molecular complexity index is 752. The second-order valence-corrected chi connectivity index (χ2v) is 4.64. The van der Waals surface area contributed by atoms with Gasteiger partial charge in [-0.1, -0.05) is 0 Å². The number of nitrogen functional groups attached to an aromatic ring is 1. The molecule has 0 saturated carbocycles. The molecule has 2 heterocycles. The summed E-state index contributed by atoms with van der Waals surface area (Å²) in [7, 11) is 1.97. The molecule has 0 aliphatic heterocycles. The van der Waals surface area contributed by atoms with Crippen molar-refractivity contribution in [3.63, 3.8) is 0 Å². The number of rotatable bonds is 3. The van der Waals surface area contributed by atoms with E-state index in [0.29, 0.717) is 24.1 Å². The van der Waals surface area contributed by atoms with E-state index in [9.17, 15) is 0 Å². The monoisotopic (exact) mass is 269 g/mol. The second kappa shape index (κ2) is 4.80. The highest BCUT2D eigenvalue weighted by atomic mass is 16.3. The molecule has 0 aliphatic rings. The maximum absolute atomic E-state index is 5.66. The Morgan fingerprint density at radius 3 is 2.90 bits per heavy atom. The largest absolute Gasteiger partial charge is 0.441 e. The van der Waals surface area contributed by atoms with Gasteiger partial charge in [-0.2, -0.15) is 0 Å². The van der Waals surface area contributed by atoms with Crippen LogP contribution in [0.4, 0.5) is 11.5 Å². The highest BCUT2D eigenvalue weighted by molar-refractivity contribution is 5.77. The van der Waals surface area contributed by atoms with E-state index in [-0.39, 0.29) is 0 Å². The summed E-state index contributed by atoms with van der Waals surface area (Å²) in [4.78, 5) is 14.7. The zero-order valence-electron chi connectivity index (χ0n) is 11.4. The SMILES string of the molecule is Cc1nc2ccc(N(C)Cc3nccc(N)n3)cc2o1. The molecule has 6 heteroatoms. The summed E-state index contributed by atoms with van der Waals surface area (Å²) in [6.07, 6.45) is 1.66. The van der Waals surface area contributed by atoms with E-state index < -0.39 is 0 Å². The maximum atomic E-state index is 5.66. The van der Waals surface area contributed by atoms with Crippen LogP contribution >= 0.6 is 0 Å². The summed E-state index contributed by atoms with van der Waals surface area (Å²) >= 11 is 0. The third-order valence-corrected chi connectivity index (χ3v) is 3.03. The summed E-state index contributed by atoms with van der Waals surface area (Å²) in [5.74, 6) is 1.82. The lowest BCUT2D eigenvalue weighted by atomic mass is 10.2. The topological polar surface area (TPSA) is 81.1 Å². The van der Waals surface area contributed by atoms with E-state index in [1.807, 2.05) is 37.1 Å². The van der Waals surface area contributed by atoms with E-state index in [1.54, 1.807) is 12.3 Å². The van der Waals surface area contributed by atoms with Gasteiger partial charge in [0.25, 0.3) is 0 Å². The highest BCUT2D eigenvalue weighted by Gasteiger charge is 2.08. The van der Waals surface area contributed by atoms with Crippen LogP contribution in [0.5, 0.6) is 0 Å². The average molecular weight is 269 g/mol. The van der Waals surface area contributed by atoms with Gasteiger partial charge in [-0.3, -0.25) is 0 Å². The fourth-order valence-corrected chi connectivity index (χ4v) is 2.06. The number of hydrogen-bond donors (Lipinski definition) is 1. The van der Waals surface area contributed by atoms with Gasteiger partial charge in [0.05, 0.1) is 6.54 Å². The van der Waals surface area contributed by atoms with Gasteiger partial charge >= 0.3 is 0 Å². The van der Waals surface area contributed by atoms with E-state index in [1.165, 1.54) is 0 Å². The number of benzene rings is 1. The van der Waals surface area contributed by atoms with Gasteiger partial charge in [-0.05, 0) is 18.2 Å². The molecule has 0 bridgehead atoms. The maximum Gasteiger partial charge on any atom is 0.192 e.